The third-order valence-electron chi connectivity index (χ3n) is 11.1. The Bertz CT molecular complexity index is 2060. The van der Waals surface area contributed by atoms with Crippen LogP contribution in [0, 0.1) is 11.8 Å². The van der Waals surface area contributed by atoms with Crippen molar-refractivity contribution >= 4 is 23.9 Å². The van der Waals surface area contributed by atoms with Gasteiger partial charge in [-0.25, -0.2) is 19.2 Å². The molecule has 55 heavy (non-hydrogen) atoms. The standard InChI is InChI=1S/C42H47NO12/c1-17(2)21-12-28-24(40(47)51-10)15-32(53-28)34(20(7)8)38-36(25(11-27(21)44)42(49)55-38)43-35-26-16-31(54-41(26)48)33(19(5)6)30-14-23(39(46)50-9)29(52-30)13-22(18(3)4)37(35)45/h11,14-16,21-22,27,31,33-38,43-45H,1,3,5,7,12-13H2,2,4,6,8-10H3/b25-11-/t21-,22-,27+,31-,33+,34+,35+,36-,37-,38+/m1/s1. The van der Waals surface area contributed by atoms with Gasteiger partial charge in [0.05, 0.1) is 61.5 Å². The number of methoxy groups -OCH3 is 2. The summed E-state index contributed by atoms with van der Waals surface area (Å²) in [7, 11) is 2.49. The molecule has 1 saturated heterocycles. The molecule has 6 heterocycles. The van der Waals surface area contributed by atoms with Gasteiger partial charge in [0.25, 0.3) is 0 Å². The second kappa shape index (κ2) is 15.1. The lowest BCUT2D eigenvalue weighted by molar-refractivity contribution is -0.141. The molecule has 8 bridgehead atoms. The van der Waals surface area contributed by atoms with Crippen LogP contribution in [0.2, 0.25) is 0 Å². The first-order chi connectivity index (χ1) is 26.0. The average molecular weight is 758 g/mol. The van der Waals surface area contributed by atoms with Crippen LogP contribution in [0.4, 0.5) is 0 Å². The summed E-state index contributed by atoms with van der Waals surface area (Å²) in [6.45, 7) is 23.4. The SMILES string of the molecule is C=C(C)[C@H]1Cc2oc(cc2C(=O)OC)[C@H](C(=C)C)[C@H]2C=C(C(=O)O2)[C@H](N[C@@H]2/C3=C/[C@H](O)[C@@H](C(=C)C)Cc4oc(cc4C(=O)OC)[C@H](C(=C)C)[C@@H]2OC3=O)[C@@H]1O. The summed E-state index contributed by atoms with van der Waals surface area (Å²) >= 11 is 0. The van der Waals surface area contributed by atoms with Crippen molar-refractivity contribution in [3.63, 3.8) is 0 Å². The molecule has 0 spiro atoms. The van der Waals surface area contributed by atoms with E-state index in [0.29, 0.717) is 28.1 Å². The number of hydrogen-bond acceptors (Lipinski definition) is 13. The third kappa shape index (κ3) is 7.07. The molecular formula is C42H47NO12. The maximum Gasteiger partial charge on any atom is 0.341 e. The lowest BCUT2D eigenvalue weighted by Crippen LogP contribution is -2.54. The summed E-state index contributed by atoms with van der Waals surface area (Å²) in [5.41, 5.74) is 2.51. The van der Waals surface area contributed by atoms with Gasteiger partial charge in [0.15, 0.2) is 0 Å². The fraction of sp³-hybridized carbons (Fsp3) is 0.429. The third-order valence-corrected chi connectivity index (χ3v) is 11.1. The number of fused-ring (bicyclic) bond motifs is 7. The molecular weight excluding hydrogens is 710 g/mol. The number of furan rings is 2. The van der Waals surface area contributed by atoms with Gasteiger partial charge < -0.3 is 38.0 Å². The van der Waals surface area contributed by atoms with E-state index in [9.17, 15) is 29.4 Å². The zero-order valence-corrected chi connectivity index (χ0v) is 31.8. The van der Waals surface area contributed by atoms with Gasteiger partial charge in [-0.3, -0.25) is 5.32 Å². The van der Waals surface area contributed by atoms with Gasteiger partial charge in [0.1, 0.15) is 46.4 Å². The number of aliphatic hydroxyl groups is 2. The molecule has 0 amide bonds. The van der Waals surface area contributed by atoms with Crippen LogP contribution in [0.25, 0.3) is 0 Å². The van der Waals surface area contributed by atoms with Crippen LogP contribution in [0.5, 0.6) is 0 Å². The highest BCUT2D eigenvalue weighted by Crippen LogP contribution is 2.43. The van der Waals surface area contributed by atoms with Gasteiger partial charge in [0.2, 0.25) is 0 Å². The molecule has 0 saturated carbocycles. The molecule has 292 valence electrons. The summed E-state index contributed by atoms with van der Waals surface area (Å²) < 4.78 is 34.7. The van der Waals surface area contributed by atoms with E-state index in [2.05, 4.69) is 31.6 Å². The fourth-order valence-electron chi connectivity index (χ4n) is 8.16. The maximum atomic E-state index is 13.9. The number of carbonyl (C=O) groups is 4. The van der Waals surface area contributed by atoms with Crippen molar-refractivity contribution in [2.75, 3.05) is 14.2 Å². The first-order valence-corrected chi connectivity index (χ1v) is 18.0. The van der Waals surface area contributed by atoms with Gasteiger partial charge in [-0.15, -0.1) is 0 Å². The van der Waals surface area contributed by atoms with Gasteiger partial charge in [0, 0.05) is 24.7 Å². The maximum absolute atomic E-state index is 13.9. The first-order valence-electron chi connectivity index (χ1n) is 18.0. The molecule has 10 atom stereocenters. The van der Waals surface area contributed by atoms with Crippen molar-refractivity contribution in [3.8, 4) is 0 Å². The van der Waals surface area contributed by atoms with E-state index in [1.54, 1.807) is 39.8 Å². The van der Waals surface area contributed by atoms with E-state index >= 15 is 0 Å². The van der Waals surface area contributed by atoms with Crippen LogP contribution in [0.1, 0.15) is 83.3 Å². The Labute approximate surface area is 319 Å². The molecule has 2 aromatic heterocycles. The van der Waals surface area contributed by atoms with Crippen LogP contribution >= 0.6 is 0 Å². The number of ether oxygens (including phenoxy) is 4. The Kier molecular flexibility index (Phi) is 10.8. The van der Waals surface area contributed by atoms with Gasteiger partial charge in [-0.1, -0.05) is 48.6 Å². The van der Waals surface area contributed by atoms with Crippen LogP contribution in [0.3, 0.4) is 0 Å². The molecule has 0 unspecified atom stereocenters. The molecule has 1 fully saturated rings. The minimum atomic E-state index is -1.44. The minimum Gasteiger partial charge on any atom is -0.465 e. The molecule has 4 aliphatic heterocycles. The van der Waals surface area contributed by atoms with Gasteiger partial charge in [-0.05, 0) is 52.0 Å². The zero-order valence-electron chi connectivity index (χ0n) is 31.8. The summed E-state index contributed by atoms with van der Waals surface area (Å²) in [4.78, 5) is 53.8. The summed E-state index contributed by atoms with van der Waals surface area (Å²) in [6.07, 6.45) is -1.81. The summed E-state index contributed by atoms with van der Waals surface area (Å²) in [6, 6.07) is 0.710. The summed E-state index contributed by atoms with van der Waals surface area (Å²) in [5.74, 6) is -4.87. The quantitative estimate of drug-likeness (QED) is 0.191. The zero-order chi connectivity index (χ0) is 40.2. The fourth-order valence-corrected chi connectivity index (χ4v) is 8.16. The molecule has 6 rings (SSSR count). The highest BCUT2D eigenvalue weighted by molar-refractivity contribution is 5.95. The molecule has 4 aliphatic rings. The van der Waals surface area contributed by atoms with E-state index < -0.39 is 84.0 Å². The van der Waals surface area contributed by atoms with Gasteiger partial charge >= 0.3 is 23.9 Å². The van der Waals surface area contributed by atoms with Crippen molar-refractivity contribution in [2.45, 2.75) is 88.9 Å². The van der Waals surface area contributed by atoms with Crippen molar-refractivity contribution in [2.24, 2.45) is 11.8 Å². The number of aliphatic hydroxyl groups excluding tert-OH is 2. The number of nitrogens with one attached hydrogen (secondary N) is 1. The molecule has 3 N–H and O–H groups in total. The number of esters is 4. The van der Waals surface area contributed by atoms with E-state index in [1.165, 1.54) is 26.4 Å². The molecule has 13 heteroatoms. The van der Waals surface area contributed by atoms with Crippen molar-refractivity contribution in [1.29, 1.82) is 0 Å². The number of rotatable bonds is 8. The Hall–Kier alpha value is -5.24. The van der Waals surface area contributed by atoms with Crippen LogP contribution in [-0.2, 0) is 41.4 Å². The predicted octanol–water partition coefficient (Wildman–Crippen LogP) is 4.71. The Morgan fingerprint density at radius 1 is 0.709 bits per heavy atom. The smallest absolute Gasteiger partial charge is 0.341 e. The normalized spacial score (nSPS) is 31.0. The minimum absolute atomic E-state index is 0.0138. The monoisotopic (exact) mass is 757 g/mol. The first kappa shape index (κ1) is 39.5. The number of carbonyl (C=O) groups excluding carboxylic acids is 4. The highest BCUT2D eigenvalue weighted by Gasteiger charge is 2.51. The van der Waals surface area contributed by atoms with E-state index in [4.69, 9.17) is 27.8 Å². The highest BCUT2D eigenvalue weighted by atomic mass is 16.6. The lowest BCUT2D eigenvalue weighted by Gasteiger charge is -2.35. The lowest BCUT2D eigenvalue weighted by atomic mass is 9.80. The van der Waals surface area contributed by atoms with Crippen molar-refractivity contribution < 1.29 is 57.2 Å². The average Bonchev–Trinajstić information content (AvgIpc) is 3.88. The van der Waals surface area contributed by atoms with E-state index in [-0.39, 0.29) is 52.4 Å². The largest absolute Gasteiger partial charge is 0.465 e. The van der Waals surface area contributed by atoms with Crippen LogP contribution in [-0.4, -0.2) is 84.8 Å². The molecule has 0 radical (unpaired) electrons. The van der Waals surface area contributed by atoms with E-state index in [1.807, 2.05) is 0 Å². The second-order valence-electron chi connectivity index (χ2n) is 15.0. The molecule has 13 nitrogen and oxygen atoms in total. The summed E-state index contributed by atoms with van der Waals surface area (Å²) in [5, 5.41) is 27.5. The van der Waals surface area contributed by atoms with Gasteiger partial charge in [-0.2, -0.15) is 0 Å². The van der Waals surface area contributed by atoms with Crippen LogP contribution in [0.15, 0.2) is 92.9 Å². The molecule has 0 aromatic carbocycles. The molecule has 2 aromatic rings. The Morgan fingerprint density at radius 3 is 1.71 bits per heavy atom. The Morgan fingerprint density at radius 2 is 1.20 bits per heavy atom. The predicted molar refractivity (Wildman–Crippen MR) is 198 cm³/mol. The molecule has 0 aliphatic carbocycles. The van der Waals surface area contributed by atoms with Crippen molar-refractivity contribution in [1.82, 2.24) is 5.32 Å². The van der Waals surface area contributed by atoms with Crippen molar-refractivity contribution in [3.05, 3.63) is 118 Å². The number of hydrogen-bond donors (Lipinski definition) is 3. The van der Waals surface area contributed by atoms with E-state index in [0.717, 1.165) is 0 Å². The topological polar surface area (TPSA) is 184 Å². The Balaban J connectivity index is 1.55. The second-order valence-corrected chi connectivity index (χ2v) is 15.0. The van der Waals surface area contributed by atoms with Crippen LogP contribution < -0.4 is 5.32 Å².